The van der Waals surface area contributed by atoms with Crippen LogP contribution in [0.3, 0.4) is 0 Å². The van der Waals surface area contributed by atoms with Crippen LogP contribution in [0.2, 0.25) is 0 Å². The number of H-pyrrole nitrogens is 1. The molecule has 0 bridgehead atoms. The van der Waals surface area contributed by atoms with E-state index < -0.39 is 17.7 Å². The Kier molecular flexibility index (Phi) is 6.87. The maximum Gasteiger partial charge on any atom is 0.434 e. The minimum absolute atomic E-state index is 0.00850. The van der Waals surface area contributed by atoms with Gasteiger partial charge in [-0.2, -0.15) is 13.2 Å². The third-order valence-electron chi connectivity index (χ3n) is 5.24. The van der Waals surface area contributed by atoms with Crippen LogP contribution in [0.1, 0.15) is 36.5 Å². The van der Waals surface area contributed by atoms with E-state index in [2.05, 4.69) is 30.2 Å². The fourth-order valence-corrected chi connectivity index (χ4v) is 3.76. The highest BCUT2D eigenvalue weighted by atomic mass is 19.4. The van der Waals surface area contributed by atoms with Gasteiger partial charge in [0.25, 0.3) is 5.91 Å². The van der Waals surface area contributed by atoms with Crippen molar-refractivity contribution in [2.75, 3.05) is 18.9 Å². The van der Waals surface area contributed by atoms with E-state index in [0.717, 1.165) is 18.1 Å². The van der Waals surface area contributed by atoms with Gasteiger partial charge < -0.3 is 30.2 Å². The number of anilines is 1. The zero-order chi connectivity index (χ0) is 25.2. The first-order valence-electron chi connectivity index (χ1n) is 10.7. The number of ether oxygens (including phenoxy) is 3. The van der Waals surface area contributed by atoms with Crippen LogP contribution in [-0.2, 0) is 20.4 Å². The Labute approximate surface area is 197 Å². The lowest BCUT2D eigenvalue weighted by Gasteiger charge is -2.31. The molecule has 0 saturated carbocycles. The summed E-state index contributed by atoms with van der Waals surface area (Å²) < 4.78 is 53.0. The number of halogens is 3. The molecule has 0 radical (unpaired) electrons. The van der Waals surface area contributed by atoms with E-state index in [9.17, 15) is 18.0 Å². The lowest BCUT2D eigenvalue weighted by Crippen LogP contribution is -2.48. The molecular formula is C21H24F3N7O4. The molecule has 5 heterocycles. The number of hydrogen-bond acceptors (Lipinski definition) is 9. The molecule has 5 rings (SSSR count). The van der Waals surface area contributed by atoms with Crippen molar-refractivity contribution in [1.29, 1.82) is 0 Å². The quantitative estimate of drug-likeness (QED) is 0.496. The van der Waals surface area contributed by atoms with Crippen molar-refractivity contribution in [3.05, 3.63) is 42.2 Å². The van der Waals surface area contributed by atoms with E-state index in [-0.39, 0.29) is 30.0 Å². The summed E-state index contributed by atoms with van der Waals surface area (Å²) in [4.78, 5) is 29.9. The molecule has 2 saturated heterocycles. The van der Waals surface area contributed by atoms with Crippen LogP contribution >= 0.6 is 0 Å². The molecule has 0 aromatic carbocycles. The summed E-state index contributed by atoms with van der Waals surface area (Å²) in [5.41, 5.74) is 5.55. The molecule has 11 nitrogen and oxygen atoms in total. The monoisotopic (exact) mass is 495 g/mol. The normalized spacial score (nSPS) is 23.3. The molecule has 188 valence electrons. The molecule has 0 spiro atoms. The van der Waals surface area contributed by atoms with E-state index in [4.69, 9.17) is 19.9 Å². The van der Waals surface area contributed by atoms with Crippen molar-refractivity contribution in [3.8, 4) is 0 Å². The summed E-state index contributed by atoms with van der Waals surface area (Å²) in [6.45, 7) is 4.73. The van der Waals surface area contributed by atoms with Crippen LogP contribution in [0, 0.1) is 0 Å². The maximum atomic E-state index is 12.3. The van der Waals surface area contributed by atoms with Gasteiger partial charge in [-0.15, -0.1) is 0 Å². The van der Waals surface area contributed by atoms with Crippen molar-refractivity contribution in [2.45, 2.75) is 50.5 Å². The van der Waals surface area contributed by atoms with Gasteiger partial charge in [0, 0.05) is 13.2 Å². The number of amides is 1. The molecule has 4 N–H and O–H groups in total. The Bertz CT molecular complexity index is 1190. The van der Waals surface area contributed by atoms with Gasteiger partial charge in [-0.1, -0.05) is 0 Å². The van der Waals surface area contributed by atoms with Crippen molar-refractivity contribution in [2.24, 2.45) is 0 Å². The Morgan fingerprint density at radius 2 is 2.06 bits per heavy atom. The number of nitrogens with zero attached hydrogens (tertiary/aromatic N) is 4. The van der Waals surface area contributed by atoms with E-state index in [0.29, 0.717) is 30.7 Å². The topological polar surface area (TPSA) is 150 Å². The minimum Gasteiger partial charge on any atom is -0.382 e. The van der Waals surface area contributed by atoms with Gasteiger partial charge >= 0.3 is 6.18 Å². The number of hydrogen-bond donors (Lipinski definition) is 3. The molecular weight excluding hydrogens is 471 g/mol. The number of carbonyl (C=O) groups excluding carboxylic acids is 1. The van der Waals surface area contributed by atoms with Crippen molar-refractivity contribution < 1.29 is 32.2 Å². The van der Waals surface area contributed by atoms with Crippen LogP contribution in [0.4, 0.5) is 19.0 Å². The fourth-order valence-electron chi connectivity index (χ4n) is 3.76. The molecule has 2 aliphatic heterocycles. The second-order valence-electron chi connectivity index (χ2n) is 8.34. The lowest BCUT2D eigenvalue weighted by molar-refractivity contribution is -0.153. The molecule has 2 aliphatic rings. The third-order valence-corrected chi connectivity index (χ3v) is 5.24. The van der Waals surface area contributed by atoms with Gasteiger partial charge in [0.2, 0.25) is 0 Å². The second kappa shape index (κ2) is 9.71. The highest BCUT2D eigenvalue weighted by Crippen LogP contribution is 2.35. The van der Waals surface area contributed by atoms with Gasteiger partial charge in [0.05, 0.1) is 30.3 Å². The van der Waals surface area contributed by atoms with Crippen LogP contribution in [0.25, 0.3) is 11.2 Å². The summed E-state index contributed by atoms with van der Waals surface area (Å²) in [6, 6.07) is 3.45. The molecule has 14 heteroatoms. The molecule has 3 atom stereocenters. The zero-order valence-corrected chi connectivity index (χ0v) is 18.9. The zero-order valence-electron chi connectivity index (χ0n) is 18.9. The fraction of sp³-hybridized carbons (Fsp3) is 0.476. The van der Waals surface area contributed by atoms with E-state index >= 15 is 0 Å². The summed E-state index contributed by atoms with van der Waals surface area (Å²) in [7, 11) is 0. The Hall–Kier alpha value is -3.36. The number of nitrogen functional groups attached to an aromatic ring is 1. The van der Waals surface area contributed by atoms with Gasteiger partial charge in [0.15, 0.2) is 17.1 Å². The van der Waals surface area contributed by atoms with Crippen LogP contribution in [-0.4, -0.2) is 68.1 Å². The molecule has 3 aromatic rings. The summed E-state index contributed by atoms with van der Waals surface area (Å²) in [5.74, 6) is -1.11. The molecule has 2 fully saturated rings. The third kappa shape index (κ3) is 6.01. The number of aromatic nitrogens is 5. The molecule has 3 aromatic heterocycles. The van der Waals surface area contributed by atoms with Crippen LogP contribution in [0.5, 0.6) is 0 Å². The predicted molar refractivity (Wildman–Crippen MR) is 116 cm³/mol. The number of pyridine rings is 1. The van der Waals surface area contributed by atoms with Gasteiger partial charge in [-0.25, -0.2) is 15.0 Å². The van der Waals surface area contributed by atoms with E-state index in [1.807, 2.05) is 13.8 Å². The largest absolute Gasteiger partial charge is 0.434 e. The number of rotatable bonds is 3. The molecule has 1 amide bonds. The highest BCUT2D eigenvalue weighted by Gasteiger charge is 2.47. The SMILES string of the molecule is CC1(C)OC2CCOC(CNC(=O)c3ccc4[nH]cnc4n3)C2O1.Nc1cncc(C(F)(F)F)n1. The highest BCUT2D eigenvalue weighted by molar-refractivity contribution is 5.93. The summed E-state index contributed by atoms with van der Waals surface area (Å²) >= 11 is 0. The first-order chi connectivity index (χ1) is 16.5. The van der Waals surface area contributed by atoms with Crippen LogP contribution in [0.15, 0.2) is 30.9 Å². The Balaban J connectivity index is 0.000000221. The Morgan fingerprint density at radius 3 is 2.77 bits per heavy atom. The molecule has 35 heavy (non-hydrogen) atoms. The van der Waals surface area contributed by atoms with Crippen molar-refractivity contribution in [3.63, 3.8) is 0 Å². The standard InChI is InChI=1S/C16H20N4O4.C5H4F3N3/c1-16(2)23-11-5-6-22-12(13(11)24-16)7-17-15(21)10-4-3-9-14(20-10)19-8-18-9;6-5(7,8)3-1-10-2-4(9)11-3/h3-4,8,11-13H,5-7H2,1-2H3,(H,17,21)(H,18,19,20);1-2H,(H2,9,11). The number of nitrogens with one attached hydrogen (secondary N) is 2. The molecule has 3 unspecified atom stereocenters. The van der Waals surface area contributed by atoms with Crippen LogP contribution < -0.4 is 11.1 Å². The predicted octanol–water partition coefficient (Wildman–Crippen LogP) is 2.07. The average Bonchev–Trinajstić information content (AvgIpc) is 3.39. The van der Waals surface area contributed by atoms with E-state index in [1.165, 1.54) is 0 Å². The van der Waals surface area contributed by atoms with E-state index in [1.54, 1.807) is 18.5 Å². The lowest BCUT2D eigenvalue weighted by atomic mass is 10.0. The first kappa shape index (κ1) is 24.8. The van der Waals surface area contributed by atoms with Gasteiger partial charge in [-0.05, 0) is 32.4 Å². The maximum absolute atomic E-state index is 12.3. The van der Waals surface area contributed by atoms with Gasteiger partial charge in [-0.3, -0.25) is 9.78 Å². The second-order valence-corrected chi connectivity index (χ2v) is 8.34. The number of carbonyl (C=O) groups is 1. The van der Waals surface area contributed by atoms with Crippen molar-refractivity contribution >= 4 is 22.9 Å². The molecule has 0 aliphatic carbocycles. The smallest absolute Gasteiger partial charge is 0.382 e. The number of nitrogens with two attached hydrogens (primary N) is 1. The first-order valence-corrected chi connectivity index (χ1v) is 10.7. The minimum atomic E-state index is -4.47. The average molecular weight is 495 g/mol. The number of fused-ring (bicyclic) bond motifs is 2. The summed E-state index contributed by atoms with van der Waals surface area (Å²) in [5, 5.41) is 2.87. The Morgan fingerprint density at radius 1 is 1.26 bits per heavy atom. The van der Waals surface area contributed by atoms with Crippen molar-refractivity contribution in [1.82, 2.24) is 30.2 Å². The van der Waals surface area contributed by atoms with Gasteiger partial charge in [0.1, 0.15) is 23.7 Å². The number of aromatic amines is 1. The number of alkyl halides is 3. The summed E-state index contributed by atoms with van der Waals surface area (Å²) in [6.07, 6.45) is -0.841. The number of imidazole rings is 1.